The number of ether oxygens (including phenoxy) is 1. The zero-order valence-corrected chi connectivity index (χ0v) is 13.5. The van der Waals surface area contributed by atoms with Gasteiger partial charge in [0, 0.05) is 24.6 Å². The Bertz CT molecular complexity index is 523. The Morgan fingerprint density at radius 3 is 2.50 bits per heavy atom. The third kappa shape index (κ3) is 3.59. The highest BCUT2D eigenvalue weighted by Gasteiger charge is 2.32. The Hall–Kier alpha value is -2.04. The minimum Gasteiger partial charge on any atom is -0.497 e. The minimum absolute atomic E-state index is 0.0325. The average molecular weight is 304 g/mol. The highest BCUT2D eigenvalue weighted by molar-refractivity contribution is 5.97. The van der Waals surface area contributed by atoms with Gasteiger partial charge in [0.25, 0.3) is 0 Å². The molecule has 0 unspecified atom stereocenters. The van der Waals surface area contributed by atoms with E-state index in [1.165, 1.54) is 0 Å². The van der Waals surface area contributed by atoms with Gasteiger partial charge in [0.2, 0.25) is 11.8 Å². The number of nitrogens with one attached hydrogen (secondary N) is 1. The van der Waals surface area contributed by atoms with Crippen LogP contribution in [0.2, 0.25) is 0 Å². The molecule has 1 aromatic rings. The van der Waals surface area contributed by atoms with E-state index in [0.29, 0.717) is 13.0 Å². The van der Waals surface area contributed by atoms with Gasteiger partial charge in [0.1, 0.15) is 5.75 Å². The molecule has 1 fully saturated rings. The Balaban J connectivity index is 1.99. The first-order valence-corrected chi connectivity index (χ1v) is 7.83. The normalized spacial score (nSPS) is 17.9. The van der Waals surface area contributed by atoms with Gasteiger partial charge in [-0.2, -0.15) is 0 Å². The number of rotatable bonds is 6. The van der Waals surface area contributed by atoms with Crippen LogP contribution in [-0.2, 0) is 9.59 Å². The van der Waals surface area contributed by atoms with Crippen molar-refractivity contribution in [2.75, 3.05) is 18.6 Å². The number of benzene rings is 1. The van der Waals surface area contributed by atoms with E-state index in [2.05, 4.69) is 5.32 Å². The lowest BCUT2D eigenvalue weighted by molar-refractivity contribution is -0.125. The molecule has 2 rings (SSSR count). The van der Waals surface area contributed by atoms with Crippen LogP contribution in [0.25, 0.3) is 0 Å². The zero-order chi connectivity index (χ0) is 16.1. The Morgan fingerprint density at radius 1 is 1.32 bits per heavy atom. The molecular formula is C17H24N2O3. The van der Waals surface area contributed by atoms with Crippen molar-refractivity contribution in [3.8, 4) is 5.75 Å². The van der Waals surface area contributed by atoms with Crippen molar-refractivity contribution in [1.82, 2.24) is 5.32 Å². The monoisotopic (exact) mass is 304 g/mol. The third-order valence-corrected chi connectivity index (χ3v) is 4.21. The second-order valence-corrected chi connectivity index (χ2v) is 5.63. The van der Waals surface area contributed by atoms with Gasteiger partial charge in [0.15, 0.2) is 0 Å². The van der Waals surface area contributed by atoms with Gasteiger partial charge in [-0.05, 0) is 37.1 Å². The standard InChI is InChI=1S/C17H24N2O3/c1-4-12(5-2)17(21)18-13-10-16(20)19(11-13)14-6-8-15(22-3)9-7-14/h6-9,12-13H,4-5,10-11H2,1-3H3,(H,18,21)/t13-/m1/s1. The molecule has 1 aliphatic heterocycles. The number of hydrogen-bond acceptors (Lipinski definition) is 3. The lowest BCUT2D eigenvalue weighted by Crippen LogP contribution is -2.40. The molecule has 1 heterocycles. The van der Waals surface area contributed by atoms with Crippen LogP contribution >= 0.6 is 0 Å². The van der Waals surface area contributed by atoms with Crippen LogP contribution in [0.4, 0.5) is 5.69 Å². The van der Waals surface area contributed by atoms with Crippen LogP contribution in [-0.4, -0.2) is 31.5 Å². The molecule has 5 heteroatoms. The van der Waals surface area contributed by atoms with Crippen LogP contribution in [0.15, 0.2) is 24.3 Å². The zero-order valence-electron chi connectivity index (χ0n) is 13.5. The van der Waals surface area contributed by atoms with Crippen molar-refractivity contribution in [2.45, 2.75) is 39.2 Å². The Kier molecular flexibility index (Phi) is 5.41. The Labute approximate surface area is 131 Å². The van der Waals surface area contributed by atoms with Crippen LogP contribution in [0.3, 0.4) is 0 Å². The van der Waals surface area contributed by atoms with E-state index >= 15 is 0 Å². The minimum atomic E-state index is -0.109. The van der Waals surface area contributed by atoms with E-state index in [4.69, 9.17) is 4.74 Å². The number of anilines is 1. The van der Waals surface area contributed by atoms with Crippen LogP contribution in [0, 0.1) is 5.92 Å². The number of carbonyl (C=O) groups excluding carboxylic acids is 2. The van der Waals surface area contributed by atoms with E-state index in [9.17, 15) is 9.59 Å². The van der Waals surface area contributed by atoms with Crippen LogP contribution < -0.4 is 15.0 Å². The van der Waals surface area contributed by atoms with Gasteiger partial charge in [0.05, 0.1) is 13.2 Å². The summed E-state index contributed by atoms with van der Waals surface area (Å²) in [5.74, 6) is 0.888. The highest BCUT2D eigenvalue weighted by Crippen LogP contribution is 2.24. The van der Waals surface area contributed by atoms with Crippen molar-refractivity contribution in [2.24, 2.45) is 5.92 Å². The SMILES string of the molecule is CCC(CC)C(=O)N[C@@H]1CC(=O)N(c2ccc(OC)cc2)C1. The number of hydrogen-bond donors (Lipinski definition) is 1. The molecule has 2 amide bonds. The van der Waals surface area contributed by atoms with Crippen LogP contribution in [0.5, 0.6) is 5.75 Å². The highest BCUT2D eigenvalue weighted by atomic mass is 16.5. The summed E-state index contributed by atoms with van der Waals surface area (Å²) in [6, 6.07) is 7.28. The maximum absolute atomic E-state index is 12.2. The first-order valence-electron chi connectivity index (χ1n) is 7.83. The molecule has 1 atom stereocenters. The summed E-state index contributed by atoms with van der Waals surface area (Å²) in [6.07, 6.45) is 2.01. The van der Waals surface area contributed by atoms with Crippen molar-refractivity contribution in [3.05, 3.63) is 24.3 Å². The quantitative estimate of drug-likeness (QED) is 0.877. The maximum atomic E-state index is 12.2. The summed E-state index contributed by atoms with van der Waals surface area (Å²) in [5.41, 5.74) is 0.838. The van der Waals surface area contributed by atoms with Gasteiger partial charge >= 0.3 is 0 Å². The van der Waals surface area contributed by atoms with E-state index in [1.807, 2.05) is 38.1 Å². The van der Waals surface area contributed by atoms with Crippen molar-refractivity contribution in [1.29, 1.82) is 0 Å². The summed E-state index contributed by atoms with van der Waals surface area (Å²) in [5, 5.41) is 3.01. The van der Waals surface area contributed by atoms with E-state index in [-0.39, 0.29) is 23.8 Å². The second kappa shape index (κ2) is 7.29. The summed E-state index contributed by atoms with van der Waals surface area (Å²) in [4.78, 5) is 26.0. The fourth-order valence-electron chi connectivity index (χ4n) is 2.79. The third-order valence-electron chi connectivity index (χ3n) is 4.21. The fourth-order valence-corrected chi connectivity index (χ4v) is 2.79. The van der Waals surface area contributed by atoms with Gasteiger partial charge in [-0.15, -0.1) is 0 Å². The van der Waals surface area contributed by atoms with Crippen LogP contribution in [0.1, 0.15) is 33.1 Å². The van der Waals surface area contributed by atoms with E-state index < -0.39 is 0 Å². The molecule has 0 spiro atoms. The first kappa shape index (κ1) is 16.3. The number of carbonyl (C=O) groups is 2. The van der Waals surface area contributed by atoms with Gasteiger partial charge in [-0.3, -0.25) is 9.59 Å². The molecule has 1 N–H and O–H groups in total. The fraction of sp³-hybridized carbons (Fsp3) is 0.529. The summed E-state index contributed by atoms with van der Waals surface area (Å²) < 4.78 is 5.12. The first-order chi connectivity index (χ1) is 10.6. The number of nitrogens with zero attached hydrogens (tertiary/aromatic N) is 1. The van der Waals surface area contributed by atoms with Gasteiger partial charge < -0.3 is 15.0 Å². The molecule has 5 nitrogen and oxygen atoms in total. The average Bonchev–Trinajstić information content (AvgIpc) is 2.89. The molecule has 22 heavy (non-hydrogen) atoms. The largest absolute Gasteiger partial charge is 0.497 e. The molecule has 0 saturated carbocycles. The van der Waals surface area contributed by atoms with E-state index in [0.717, 1.165) is 24.3 Å². The number of methoxy groups -OCH3 is 1. The summed E-state index contributed by atoms with van der Waals surface area (Å²) >= 11 is 0. The maximum Gasteiger partial charge on any atom is 0.229 e. The predicted octanol–water partition coefficient (Wildman–Crippen LogP) is 2.35. The molecule has 1 aliphatic rings. The molecule has 1 saturated heterocycles. The van der Waals surface area contributed by atoms with Gasteiger partial charge in [-0.25, -0.2) is 0 Å². The summed E-state index contributed by atoms with van der Waals surface area (Å²) in [7, 11) is 1.61. The van der Waals surface area contributed by atoms with Crippen molar-refractivity contribution in [3.63, 3.8) is 0 Å². The molecule has 0 radical (unpaired) electrons. The molecular weight excluding hydrogens is 280 g/mol. The van der Waals surface area contributed by atoms with Gasteiger partial charge in [-0.1, -0.05) is 13.8 Å². The number of amides is 2. The predicted molar refractivity (Wildman–Crippen MR) is 86.0 cm³/mol. The molecule has 0 aliphatic carbocycles. The van der Waals surface area contributed by atoms with Crippen molar-refractivity contribution < 1.29 is 14.3 Å². The molecule has 120 valence electrons. The summed E-state index contributed by atoms with van der Waals surface area (Å²) in [6.45, 7) is 4.55. The second-order valence-electron chi connectivity index (χ2n) is 5.63. The molecule has 0 aromatic heterocycles. The molecule has 0 bridgehead atoms. The van der Waals surface area contributed by atoms with E-state index in [1.54, 1.807) is 12.0 Å². The lowest BCUT2D eigenvalue weighted by Gasteiger charge is -2.19. The smallest absolute Gasteiger partial charge is 0.229 e. The molecule has 1 aromatic carbocycles. The lowest BCUT2D eigenvalue weighted by atomic mass is 10.0. The van der Waals surface area contributed by atoms with Crippen molar-refractivity contribution >= 4 is 17.5 Å². The Morgan fingerprint density at radius 2 is 1.95 bits per heavy atom. The topological polar surface area (TPSA) is 58.6 Å².